The Kier molecular flexibility index (Phi) is 3.27. The Morgan fingerprint density at radius 3 is 2.45 bits per heavy atom. The van der Waals surface area contributed by atoms with Crippen molar-refractivity contribution in [2.75, 3.05) is 13.2 Å². The third kappa shape index (κ3) is 2.42. The standard InChI is InChI=1S/C8H15FO2/c1-6(10)8(9)7-2-4-11-5-3-7/h6-8,10H,2-5H2,1H3. The van der Waals surface area contributed by atoms with Crippen LogP contribution in [-0.4, -0.2) is 30.6 Å². The molecule has 2 unspecified atom stereocenters. The van der Waals surface area contributed by atoms with Crippen LogP contribution in [0.3, 0.4) is 0 Å². The van der Waals surface area contributed by atoms with Gasteiger partial charge in [-0.25, -0.2) is 4.39 Å². The number of hydrogen-bond acceptors (Lipinski definition) is 2. The summed E-state index contributed by atoms with van der Waals surface area (Å²) in [5.74, 6) is 0.00347. The van der Waals surface area contributed by atoms with E-state index in [1.165, 1.54) is 6.92 Å². The number of aliphatic hydroxyl groups is 1. The van der Waals surface area contributed by atoms with Crippen molar-refractivity contribution in [3.05, 3.63) is 0 Å². The molecule has 0 aromatic heterocycles. The van der Waals surface area contributed by atoms with Crippen LogP contribution in [0.25, 0.3) is 0 Å². The van der Waals surface area contributed by atoms with E-state index >= 15 is 0 Å². The molecule has 3 heteroatoms. The Morgan fingerprint density at radius 1 is 1.45 bits per heavy atom. The minimum atomic E-state index is -1.07. The summed E-state index contributed by atoms with van der Waals surface area (Å²) in [6.45, 7) is 2.77. The quantitative estimate of drug-likeness (QED) is 0.659. The maximum atomic E-state index is 13.1. The van der Waals surface area contributed by atoms with Crippen molar-refractivity contribution in [1.82, 2.24) is 0 Å². The molecule has 66 valence electrons. The largest absolute Gasteiger partial charge is 0.390 e. The van der Waals surface area contributed by atoms with Gasteiger partial charge in [-0.15, -0.1) is 0 Å². The zero-order valence-corrected chi connectivity index (χ0v) is 6.79. The molecule has 2 atom stereocenters. The molecule has 1 rings (SSSR count). The Balaban J connectivity index is 2.32. The molecule has 1 N–H and O–H groups in total. The van der Waals surface area contributed by atoms with E-state index in [0.29, 0.717) is 13.2 Å². The normalized spacial score (nSPS) is 26.5. The number of hydrogen-bond donors (Lipinski definition) is 1. The first kappa shape index (κ1) is 8.94. The molecular weight excluding hydrogens is 147 g/mol. The minimum Gasteiger partial charge on any atom is -0.390 e. The fourth-order valence-corrected chi connectivity index (χ4v) is 1.43. The lowest BCUT2D eigenvalue weighted by atomic mass is 9.92. The summed E-state index contributed by atoms with van der Waals surface area (Å²) in [6, 6.07) is 0. The predicted molar refractivity (Wildman–Crippen MR) is 40.1 cm³/mol. The lowest BCUT2D eigenvalue weighted by Crippen LogP contribution is -2.31. The lowest BCUT2D eigenvalue weighted by Gasteiger charge is -2.26. The van der Waals surface area contributed by atoms with Crippen molar-refractivity contribution in [2.24, 2.45) is 5.92 Å². The molecule has 0 saturated carbocycles. The number of alkyl halides is 1. The van der Waals surface area contributed by atoms with Gasteiger partial charge in [0.15, 0.2) is 0 Å². The van der Waals surface area contributed by atoms with Crippen LogP contribution in [0, 0.1) is 5.92 Å². The van der Waals surface area contributed by atoms with Gasteiger partial charge in [-0.05, 0) is 25.7 Å². The lowest BCUT2D eigenvalue weighted by molar-refractivity contribution is -0.00559. The van der Waals surface area contributed by atoms with Crippen molar-refractivity contribution >= 4 is 0 Å². The average Bonchev–Trinajstić information content (AvgIpc) is 2.05. The maximum Gasteiger partial charge on any atom is 0.129 e. The second kappa shape index (κ2) is 4.02. The highest BCUT2D eigenvalue weighted by Gasteiger charge is 2.26. The van der Waals surface area contributed by atoms with Crippen LogP contribution in [0.4, 0.5) is 4.39 Å². The van der Waals surface area contributed by atoms with Gasteiger partial charge >= 0.3 is 0 Å². The third-order valence-corrected chi connectivity index (χ3v) is 2.18. The highest BCUT2D eigenvalue weighted by molar-refractivity contribution is 4.75. The van der Waals surface area contributed by atoms with Crippen LogP contribution in [0.15, 0.2) is 0 Å². The fraction of sp³-hybridized carbons (Fsp3) is 1.00. The van der Waals surface area contributed by atoms with Crippen LogP contribution in [0.5, 0.6) is 0 Å². The van der Waals surface area contributed by atoms with Gasteiger partial charge in [0.1, 0.15) is 6.17 Å². The highest BCUT2D eigenvalue weighted by atomic mass is 19.1. The van der Waals surface area contributed by atoms with E-state index in [1.807, 2.05) is 0 Å². The monoisotopic (exact) mass is 162 g/mol. The van der Waals surface area contributed by atoms with Gasteiger partial charge in [0.05, 0.1) is 6.10 Å². The van der Waals surface area contributed by atoms with Crippen LogP contribution >= 0.6 is 0 Å². The number of ether oxygens (including phenoxy) is 1. The predicted octanol–water partition coefficient (Wildman–Crippen LogP) is 1.13. The van der Waals surface area contributed by atoms with Crippen LogP contribution in [0.2, 0.25) is 0 Å². The second-order valence-electron chi connectivity index (χ2n) is 3.13. The van der Waals surface area contributed by atoms with Crippen molar-refractivity contribution in [1.29, 1.82) is 0 Å². The summed E-state index contributed by atoms with van der Waals surface area (Å²) in [5.41, 5.74) is 0. The molecule has 0 radical (unpaired) electrons. The molecule has 1 saturated heterocycles. The van der Waals surface area contributed by atoms with E-state index in [-0.39, 0.29) is 5.92 Å². The molecule has 1 aliphatic heterocycles. The van der Waals surface area contributed by atoms with Gasteiger partial charge in [0.2, 0.25) is 0 Å². The summed E-state index contributed by atoms with van der Waals surface area (Å²) in [5, 5.41) is 8.96. The first-order chi connectivity index (χ1) is 5.22. The highest BCUT2D eigenvalue weighted by Crippen LogP contribution is 2.23. The molecule has 0 bridgehead atoms. The van der Waals surface area contributed by atoms with Gasteiger partial charge < -0.3 is 9.84 Å². The minimum absolute atomic E-state index is 0.00347. The zero-order chi connectivity index (χ0) is 8.27. The van der Waals surface area contributed by atoms with Gasteiger partial charge in [-0.1, -0.05) is 0 Å². The Labute approximate surface area is 66.4 Å². The summed E-state index contributed by atoms with van der Waals surface area (Å²) < 4.78 is 18.2. The van der Waals surface area contributed by atoms with Crippen molar-refractivity contribution < 1.29 is 14.2 Å². The molecule has 0 aromatic rings. The van der Waals surface area contributed by atoms with E-state index in [2.05, 4.69) is 0 Å². The van der Waals surface area contributed by atoms with E-state index in [9.17, 15) is 4.39 Å². The van der Waals surface area contributed by atoms with E-state index < -0.39 is 12.3 Å². The van der Waals surface area contributed by atoms with Crippen molar-refractivity contribution in [3.63, 3.8) is 0 Å². The van der Waals surface area contributed by atoms with Gasteiger partial charge in [-0.2, -0.15) is 0 Å². The maximum absolute atomic E-state index is 13.1. The number of halogens is 1. The van der Waals surface area contributed by atoms with E-state index in [4.69, 9.17) is 9.84 Å². The molecule has 0 spiro atoms. The fourth-order valence-electron chi connectivity index (χ4n) is 1.43. The zero-order valence-electron chi connectivity index (χ0n) is 6.79. The average molecular weight is 162 g/mol. The van der Waals surface area contributed by atoms with E-state index in [1.54, 1.807) is 0 Å². The molecule has 2 nitrogen and oxygen atoms in total. The molecule has 1 heterocycles. The van der Waals surface area contributed by atoms with Gasteiger partial charge in [-0.3, -0.25) is 0 Å². The van der Waals surface area contributed by atoms with Gasteiger partial charge in [0, 0.05) is 13.2 Å². The molecule has 0 aliphatic carbocycles. The van der Waals surface area contributed by atoms with Crippen molar-refractivity contribution in [3.8, 4) is 0 Å². The van der Waals surface area contributed by atoms with Crippen LogP contribution in [0.1, 0.15) is 19.8 Å². The first-order valence-corrected chi connectivity index (χ1v) is 4.11. The molecular formula is C8H15FO2. The Bertz CT molecular complexity index is 111. The molecule has 1 fully saturated rings. The summed E-state index contributed by atoms with van der Waals surface area (Å²) in [6.07, 6.45) is -0.421. The summed E-state index contributed by atoms with van der Waals surface area (Å²) in [4.78, 5) is 0. The topological polar surface area (TPSA) is 29.5 Å². The van der Waals surface area contributed by atoms with Crippen LogP contribution in [-0.2, 0) is 4.74 Å². The second-order valence-corrected chi connectivity index (χ2v) is 3.13. The summed E-state index contributed by atoms with van der Waals surface area (Å²) in [7, 11) is 0. The number of rotatable bonds is 2. The third-order valence-electron chi connectivity index (χ3n) is 2.18. The molecule has 11 heavy (non-hydrogen) atoms. The van der Waals surface area contributed by atoms with Crippen molar-refractivity contribution in [2.45, 2.75) is 32.0 Å². The van der Waals surface area contributed by atoms with E-state index in [0.717, 1.165) is 12.8 Å². The van der Waals surface area contributed by atoms with Crippen LogP contribution < -0.4 is 0 Å². The first-order valence-electron chi connectivity index (χ1n) is 4.11. The molecule has 1 aliphatic rings. The molecule has 0 amide bonds. The number of aliphatic hydroxyl groups excluding tert-OH is 1. The summed E-state index contributed by atoms with van der Waals surface area (Å²) >= 11 is 0. The Morgan fingerprint density at radius 2 is 2.00 bits per heavy atom. The smallest absolute Gasteiger partial charge is 0.129 e. The SMILES string of the molecule is CC(O)C(F)C1CCOCC1. The van der Waals surface area contributed by atoms with Gasteiger partial charge in [0.25, 0.3) is 0 Å². The molecule has 0 aromatic carbocycles. The Hall–Kier alpha value is -0.150.